The zero-order valence-corrected chi connectivity index (χ0v) is 40.9. The number of aliphatic hydroxyl groups is 8. The number of carbonyl (C=O) groups is 6. The lowest BCUT2D eigenvalue weighted by Gasteiger charge is -2.53. The molecule has 2 saturated carbocycles. The van der Waals surface area contributed by atoms with Gasteiger partial charge in [0.2, 0.25) is 11.6 Å². The third-order valence-electron chi connectivity index (χ3n) is 15.9. The highest BCUT2D eigenvalue weighted by Gasteiger charge is 2.68. The molecule has 22 nitrogen and oxygen atoms in total. The van der Waals surface area contributed by atoms with Gasteiger partial charge in [0.05, 0.1) is 47.8 Å². The minimum atomic E-state index is -2.92. The normalized spacial score (nSPS) is 32.2. The molecule has 0 aromatic heterocycles. The van der Waals surface area contributed by atoms with Crippen molar-refractivity contribution in [1.29, 1.82) is 0 Å². The largest absolute Gasteiger partial charge is 0.508 e. The fourth-order valence-corrected chi connectivity index (χ4v) is 12.1. The number of fused-ring (bicyclic) bond motifs is 6. The summed E-state index contributed by atoms with van der Waals surface area (Å²) < 4.78 is 0. The van der Waals surface area contributed by atoms with E-state index in [0.29, 0.717) is 0 Å². The maximum Gasteiger partial charge on any atom is 0.259 e. The number of ketones is 4. The van der Waals surface area contributed by atoms with Gasteiger partial charge in [-0.05, 0) is 92.2 Å². The fourth-order valence-electron chi connectivity index (χ4n) is 12.1. The summed E-state index contributed by atoms with van der Waals surface area (Å²) in [7, 11) is 9.06. The third kappa shape index (κ3) is 7.29. The summed E-state index contributed by atoms with van der Waals surface area (Å²) in [6, 6.07) is 5.55. The van der Waals surface area contributed by atoms with Gasteiger partial charge in [0, 0.05) is 47.9 Å². The number of amides is 2. The average molecular weight is 1000 g/mol. The molecule has 0 spiro atoms. The maximum absolute atomic E-state index is 14.4. The number of aliphatic hydroxyl groups excluding tert-OH is 4. The zero-order chi connectivity index (χ0) is 53.2. The van der Waals surface area contributed by atoms with Gasteiger partial charge in [-0.15, -0.1) is 0 Å². The lowest BCUT2D eigenvalue weighted by molar-refractivity contribution is -0.160. The van der Waals surface area contributed by atoms with Crippen LogP contribution in [0.25, 0.3) is 11.5 Å². The van der Waals surface area contributed by atoms with Crippen LogP contribution in [0.2, 0.25) is 0 Å². The van der Waals surface area contributed by atoms with Crippen molar-refractivity contribution in [3.8, 4) is 11.5 Å². The summed E-state index contributed by atoms with van der Waals surface area (Å²) in [6.45, 7) is 2.54. The Morgan fingerprint density at radius 2 is 0.903 bits per heavy atom. The summed E-state index contributed by atoms with van der Waals surface area (Å²) in [5.41, 5.74) is -12.7. The van der Waals surface area contributed by atoms with Crippen molar-refractivity contribution in [1.82, 2.24) is 30.2 Å². The van der Waals surface area contributed by atoms with E-state index in [2.05, 4.69) is 10.6 Å². The number of phenolic OH excluding ortho intramolecular Hbond substituents is 2. The molecular formula is C50H60N6O16. The monoisotopic (exact) mass is 1000 g/mol. The van der Waals surface area contributed by atoms with E-state index >= 15 is 0 Å². The van der Waals surface area contributed by atoms with Gasteiger partial charge >= 0.3 is 0 Å². The molecule has 6 aliphatic carbocycles. The molecule has 6 aliphatic rings. The molecule has 2 amide bonds. The van der Waals surface area contributed by atoms with Gasteiger partial charge < -0.3 is 61.7 Å². The van der Waals surface area contributed by atoms with Crippen molar-refractivity contribution in [2.45, 2.75) is 61.2 Å². The lowest BCUT2D eigenvalue weighted by Crippen LogP contribution is -2.67. The van der Waals surface area contributed by atoms with Crippen molar-refractivity contribution in [3.05, 3.63) is 92.5 Å². The Labute approximate surface area is 413 Å². The van der Waals surface area contributed by atoms with E-state index in [1.807, 2.05) is 0 Å². The highest BCUT2D eigenvalue weighted by atomic mass is 16.4. The highest BCUT2D eigenvalue weighted by molar-refractivity contribution is 6.26. The van der Waals surface area contributed by atoms with E-state index in [4.69, 9.17) is 0 Å². The van der Waals surface area contributed by atoms with Crippen LogP contribution in [0.3, 0.4) is 0 Å². The second kappa shape index (κ2) is 17.6. The van der Waals surface area contributed by atoms with Crippen LogP contribution in [0, 0.1) is 23.7 Å². The Hall–Kier alpha value is -6.50. The van der Waals surface area contributed by atoms with E-state index in [0.717, 1.165) is 0 Å². The number of phenols is 2. The molecule has 22 heteroatoms. The topological polar surface area (TPSA) is 342 Å². The molecule has 72 heavy (non-hydrogen) atoms. The summed E-state index contributed by atoms with van der Waals surface area (Å²) in [5, 5.41) is 121. The van der Waals surface area contributed by atoms with E-state index in [-0.39, 0.29) is 61.5 Å². The third-order valence-corrected chi connectivity index (χ3v) is 15.9. The predicted molar refractivity (Wildman–Crippen MR) is 253 cm³/mol. The Bertz CT molecular complexity index is 2690. The van der Waals surface area contributed by atoms with Crippen molar-refractivity contribution < 1.29 is 79.8 Å². The van der Waals surface area contributed by atoms with Crippen LogP contribution in [-0.4, -0.2) is 198 Å². The SMILES string of the molecule is CN(CCN(C)CNC(=O)C1=C(O)[C@@]2(O)C(=O)C3=C(O)c4c(O)cccc4[C@@](C)(O)[C@H]3C[C@H]2[C@H](N(C)C)C1=O)CNC(=O)C1=C(O)[C@]2(O)C(=O)C3=C(O)c4c(O)cccc4[C@](C)(O)[C@@H]3C[C@@H]2[C@@H](N(C)C)C1=O. The van der Waals surface area contributed by atoms with Crippen LogP contribution in [0.1, 0.15) is 48.9 Å². The van der Waals surface area contributed by atoms with Crippen LogP contribution < -0.4 is 10.6 Å². The summed E-state index contributed by atoms with van der Waals surface area (Å²) in [4.78, 5) is 90.7. The average Bonchev–Trinajstić information content (AvgIpc) is 3.29. The van der Waals surface area contributed by atoms with Crippen LogP contribution >= 0.6 is 0 Å². The predicted octanol–water partition coefficient (Wildman–Crippen LogP) is -0.688. The van der Waals surface area contributed by atoms with Gasteiger partial charge in [-0.1, -0.05) is 24.3 Å². The maximum atomic E-state index is 14.4. The van der Waals surface area contributed by atoms with Crippen molar-refractivity contribution in [2.75, 3.05) is 68.7 Å². The van der Waals surface area contributed by atoms with Gasteiger partial charge in [-0.3, -0.25) is 48.4 Å². The van der Waals surface area contributed by atoms with E-state index in [1.165, 1.54) is 88.2 Å². The van der Waals surface area contributed by atoms with Gasteiger partial charge in [0.1, 0.15) is 45.7 Å². The molecule has 12 N–H and O–H groups in total. The molecular weight excluding hydrogens is 941 g/mol. The number of aromatic hydroxyl groups is 2. The summed E-state index contributed by atoms with van der Waals surface area (Å²) in [6.07, 6.45) is -0.612. The number of likely N-dealkylation sites (N-methyl/N-ethyl adjacent to an activating group) is 4. The second-order valence-electron chi connectivity index (χ2n) is 20.7. The van der Waals surface area contributed by atoms with Crippen LogP contribution in [0.5, 0.6) is 11.5 Å². The molecule has 2 aromatic carbocycles. The molecule has 8 rings (SSSR count). The van der Waals surface area contributed by atoms with Gasteiger partial charge in [-0.2, -0.15) is 0 Å². The molecule has 2 aromatic rings. The fraction of sp³-hybridized carbons (Fsp3) is 0.480. The lowest BCUT2D eigenvalue weighted by atomic mass is 9.54. The first kappa shape index (κ1) is 51.8. The Morgan fingerprint density at radius 1 is 0.569 bits per heavy atom. The van der Waals surface area contributed by atoms with E-state index in [9.17, 15) is 79.8 Å². The summed E-state index contributed by atoms with van der Waals surface area (Å²) in [5.74, 6) is -16.7. The number of nitrogens with zero attached hydrogens (tertiary/aromatic N) is 4. The molecule has 0 saturated heterocycles. The van der Waals surface area contributed by atoms with Gasteiger partial charge in [0.15, 0.2) is 22.8 Å². The van der Waals surface area contributed by atoms with E-state index < -0.39 is 150 Å². The number of hydrogen-bond donors (Lipinski definition) is 12. The first-order chi connectivity index (χ1) is 33.5. The molecule has 0 heterocycles. The number of Topliss-reactive ketones (excluding diaryl/α,β-unsaturated/α-hetero) is 4. The minimum Gasteiger partial charge on any atom is -0.508 e. The van der Waals surface area contributed by atoms with Crippen molar-refractivity contribution in [3.63, 3.8) is 0 Å². The molecule has 386 valence electrons. The smallest absolute Gasteiger partial charge is 0.259 e. The Kier molecular flexibility index (Phi) is 12.7. The number of nitrogens with one attached hydrogen (secondary N) is 2. The first-order valence-corrected chi connectivity index (χ1v) is 23.2. The first-order valence-electron chi connectivity index (χ1n) is 23.2. The molecule has 2 fully saturated rings. The van der Waals surface area contributed by atoms with Crippen LogP contribution in [0.4, 0.5) is 0 Å². The van der Waals surface area contributed by atoms with Crippen LogP contribution in [0.15, 0.2) is 70.2 Å². The molecule has 0 unspecified atom stereocenters. The highest BCUT2D eigenvalue weighted by Crippen LogP contribution is 2.59. The van der Waals surface area contributed by atoms with Crippen molar-refractivity contribution >= 4 is 46.5 Å². The molecule has 0 aliphatic heterocycles. The van der Waals surface area contributed by atoms with Gasteiger partial charge in [0.25, 0.3) is 11.8 Å². The second-order valence-corrected chi connectivity index (χ2v) is 20.7. The molecule has 0 bridgehead atoms. The summed E-state index contributed by atoms with van der Waals surface area (Å²) >= 11 is 0. The quantitative estimate of drug-likeness (QED) is 0.0979. The van der Waals surface area contributed by atoms with Crippen LogP contribution in [-0.2, 0) is 40.0 Å². The standard InChI is InChI=1S/C50H60N6O16/c1-47(69)21-11-9-13-27(57)29(21)37(59)31-23(47)17-25-35(53(3)4)39(61)33(43(65)49(25,71)41(31)63)45(67)51-19-55(7)15-16-56(8)20-52-46(68)34-40(62)36(54(5)6)26-18-24-32(42(64)50(26,72)44(34)66)38(60)30-22(48(24,2)70)12-10-14-28(30)58/h9-14,23-26,35-36,57-60,65-66,69-72H,15-20H2,1-8H3,(H,51,67)(H,52,68)/t23-,24+,25-,26+,35-,36+,47+,48-,49-,50+. The minimum absolute atomic E-state index is 0.104. The molecule has 0 radical (unpaired) electrons. The zero-order valence-electron chi connectivity index (χ0n) is 40.9. The number of carbonyl (C=O) groups excluding carboxylic acids is 6. The Balaban J connectivity index is 0.955. The number of benzene rings is 2. The molecule has 10 atom stereocenters. The van der Waals surface area contributed by atoms with Crippen molar-refractivity contribution in [2.24, 2.45) is 23.7 Å². The Morgan fingerprint density at radius 3 is 1.22 bits per heavy atom. The van der Waals surface area contributed by atoms with E-state index in [1.54, 1.807) is 23.9 Å². The number of rotatable bonds is 11. The van der Waals surface area contributed by atoms with Gasteiger partial charge in [-0.25, -0.2) is 0 Å². The number of hydrogen-bond acceptors (Lipinski definition) is 20.